The molecule has 2 aromatic carbocycles. The molecule has 2 N–H and O–H groups in total. The molecule has 1 atom stereocenters. The number of amides is 1. The van der Waals surface area contributed by atoms with Crippen molar-refractivity contribution >= 4 is 17.6 Å². The van der Waals surface area contributed by atoms with Gasteiger partial charge in [0.2, 0.25) is 0 Å². The van der Waals surface area contributed by atoms with E-state index in [1.54, 1.807) is 18.2 Å². The number of para-hydroxylation sites is 1. The van der Waals surface area contributed by atoms with E-state index in [0.717, 1.165) is 23.3 Å². The van der Waals surface area contributed by atoms with Crippen LogP contribution in [0.4, 0.5) is 5.69 Å². The lowest BCUT2D eigenvalue weighted by molar-refractivity contribution is -0.139. The number of carbonyl (C=O) groups is 2. The number of ether oxygens (including phenoxy) is 2. The second-order valence-electron chi connectivity index (χ2n) is 6.34. The van der Waals surface area contributed by atoms with Gasteiger partial charge in [-0.2, -0.15) is 0 Å². The van der Waals surface area contributed by atoms with Gasteiger partial charge >= 0.3 is 5.97 Å². The molecule has 0 spiro atoms. The van der Waals surface area contributed by atoms with E-state index < -0.39 is 12.6 Å². The predicted octanol–water partition coefficient (Wildman–Crippen LogP) is 3.99. The van der Waals surface area contributed by atoms with E-state index in [9.17, 15) is 9.59 Å². The van der Waals surface area contributed by atoms with Crippen LogP contribution in [-0.4, -0.2) is 30.2 Å². The number of aliphatic carboxylic acids is 1. The third-order valence-corrected chi connectivity index (χ3v) is 4.26. The summed E-state index contributed by atoms with van der Waals surface area (Å²) in [5, 5.41) is 11.4. The van der Waals surface area contributed by atoms with Gasteiger partial charge in [0, 0.05) is 5.69 Å². The van der Waals surface area contributed by atoms with Crippen molar-refractivity contribution in [3.63, 3.8) is 0 Å². The number of anilines is 1. The monoisotopic (exact) mass is 371 g/mol. The van der Waals surface area contributed by atoms with E-state index >= 15 is 0 Å². The zero-order valence-electron chi connectivity index (χ0n) is 15.8. The average molecular weight is 371 g/mol. The number of aryl methyl sites for hydroxylation is 1. The van der Waals surface area contributed by atoms with E-state index in [0.29, 0.717) is 17.4 Å². The summed E-state index contributed by atoms with van der Waals surface area (Å²) in [5.41, 5.74) is 2.48. The number of benzene rings is 2. The molecule has 27 heavy (non-hydrogen) atoms. The summed E-state index contributed by atoms with van der Waals surface area (Å²) in [6.45, 7) is 5.54. The summed E-state index contributed by atoms with van der Waals surface area (Å²) >= 11 is 0. The average Bonchev–Trinajstić information content (AvgIpc) is 2.66. The van der Waals surface area contributed by atoms with Crippen LogP contribution in [0.25, 0.3) is 0 Å². The second-order valence-corrected chi connectivity index (χ2v) is 6.34. The molecule has 0 heterocycles. The summed E-state index contributed by atoms with van der Waals surface area (Å²) in [6.07, 6.45) is 0.988. The maximum atomic E-state index is 12.2. The van der Waals surface area contributed by atoms with Crippen LogP contribution in [0.3, 0.4) is 0 Å². The third kappa shape index (κ3) is 6.02. The van der Waals surface area contributed by atoms with Crippen LogP contribution in [0, 0.1) is 6.92 Å². The fraction of sp³-hybridized carbons (Fsp3) is 0.333. The lowest BCUT2D eigenvalue weighted by atomic mass is 9.98. The Morgan fingerprint density at radius 2 is 1.85 bits per heavy atom. The molecule has 2 aromatic rings. The topological polar surface area (TPSA) is 84.9 Å². The van der Waals surface area contributed by atoms with Gasteiger partial charge in [-0.05, 0) is 54.7 Å². The molecule has 0 aromatic heterocycles. The third-order valence-electron chi connectivity index (χ3n) is 4.26. The van der Waals surface area contributed by atoms with Crippen molar-refractivity contribution in [3.05, 3.63) is 53.6 Å². The minimum atomic E-state index is -1.04. The standard InChI is InChI=1S/C21H25NO5/c1-4-14(2)17-7-5-6-8-19(17)27-12-20(23)22-18-10-9-16(11-15(18)3)26-13-21(24)25/h5-11,14H,4,12-13H2,1-3H3,(H,22,23)(H,24,25). The molecule has 0 bridgehead atoms. The van der Waals surface area contributed by atoms with Gasteiger partial charge in [0.1, 0.15) is 11.5 Å². The van der Waals surface area contributed by atoms with E-state index in [-0.39, 0.29) is 12.5 Å². The first-order valence-corrected chi connectivity index (χ1v) is 8.87. The first kappa shape index (κ1) is 20.3. The molecular formula is C21H25NO5. The quantitative estimate of drug-likeness (QED) is 0.696. The molecule has 0 saturated heterocycles. The van der Waals surface area contributed by atoms with Crippen molar-refractivity contribution in [2.24, 2.45) is 0 Å². The Labute approximate surface area is 159 Å². The van der Waals surface area contributed by atoms with Crippen LogP contribution < -0.4 is 14.8 Å². The fourth-order valence-electron chi connectivity index (χ4n) is 2.58. The van der Waals surface area contributed by atoms with E-state index in [1.165, 1.54) is 0 Å². The maximum absolute atomic E-state index is 12.2. The van der Waals surface area contributed by atoms with Crippen LogP contribution in [0.1, 0.15) is 37.3 Å². The summed E-state index contributed by atoms with van der Waals surface area (Å²) in [4.78, 5) is 22.8. The molecule has 1 unspecified atom stereocenters. The molecule has 6 nitrogen and oxygen atoms in total. The molecule has 0 aliphatic heterocycles. The molecule has 144 valence electrons. The minimum absolute atomic E-state index is 0.0931. The Kier molecular flexibility index (Phi) is 7.23. The molecule has 0 aliphatic carbocycles. The molecule has 6 heteroatoms. The zero-order chi connectivity index (χ0) is 19.8. The number of hydrogen-bond acceptors (Lipinski definition) is 4. The van der Waals surface area contributed by atoms with E-state index in [1.807, 2.05) is 31.2 Å². The van der Waals surface area contributed by atoms with E-state index in [4.69, 9.17) is 14.6 Å². The van der Waals surface area contributed by atoms with Gasteiger partial charge < -0.3 is 19.9 Å². The minimum Gasteiger partial charge on any atom is -0.483 e. The lowest BCUT2D eigenvalue weighted by Crippen LogP contribution is -2.21. The van der Waals surface area contributed by atoms with Gasteiger partial charge in [-0.15, -0.1) is 0 Å². The summed E-state index contributed by atoms with van der Waals surface area (Å²) in [6, 6.07) is 12.7. The highest BCUT2D eigenvalue weighted by atomic mass is 16.5. The summed E-state index contributed by atoms with van der Waals surface area (Å²) < 4.78 is 10.8. The van der Waals surface area contributed by atoms with Crippen LogP contribution in [0.15, 0.2) is 42.5 Å². The second kappa shape index (κ2) is 9.62. The number of carboxylic acids is 1. The number of carboxylic acid groups (broad SMARTS) is 1. The molecule has 0 aliphatic rings. The van der Waals surface area contributed by atoms with Crippen molar-refractivity contribution < 1.29 is 24.2 Å². The molecule has 0 radical (unpaired) electrons. The molecule has 0 saturated carbocycles. The van der Waals surface area contributed by atoms with Crippen molar-refractivity contribution in [3.8, 4) is 11.5 Å². The first-order chi connectivity index (χ1) is 12.9. The van der Waals surface area contributed by atoms with Gasteiger partial charge in [-0.1, -0.05) is 32.0 Å². The van der Waals surface area contributed by atoms with Crippen molar-refractivity contribution in [1.82, 2.24) is 0 Å². The van der Waals surface area contributed by atoms with Crippen molar-refractivity contribution in [1.29, 1.82) is 0 Å². The zero-order valence-corrected chi connectivity index (χ0v) is 15.8. The van der Waals surface area contributed by atoms with E-state index in [2.05, 4.69) is 19.2 Å². The predicted molar refractivity (Wildman–Crippen MR) is 104 cm³/mol. The van der Waals surface area contributed by atoms with Crippen molar-refractivity contribution in [2.45, 2.75) is 33.1 Å². The van der Waals surface area contributed by atoms with Crippen LogP contribution >= 0.6 is 0 Å². The molecule has 2 rings (SSSR count). The number of carbonyl (C=O) groups excluding carboxylic acids is 1. The fourth-order valence-corrected chi connectivity index (χ4v) is 2.58. The van der Waals surface area contributed by atoms with Gasteiger partial charge in [-0.25, -0.2) is 4.79 Å². The number of hydrogen-bond donors (Lipinski definition) is 2. The molecule has 0 fully saturated rings. The first-order valence-electron chi connectivity index (χ1n) is 8.87. The normalized spacial score (nSPS) is 11.5. The van der Waals surface area contributed by atoms with Gasteiger partial charge in [0.15, 0.2) is 13.2 Å². The Morgan fingerprint density at radius 1 is 1.11 bits per heavy atom. The highest BCUT2D eigenvalue weighted by Crippen LogP contribution is 2.28. The summed E-state index contributed by atoms with van der Waals surface area (Å²) in [7, 11) is 0. The smallest absolute Gasteiger partial charge is 0.341 e. The highest BCUT2D eigenvalue weighted by molar-refractivity contribution is 5.92. The van der Waals surface area contributed by atoms with Crippen molar-refractivity contribution in [2.75, 3.05) is 18.5 Å². The van der Waals surface area contributed by atoms with Gasteiger partial charge in [-0.3, -0.25) is 4.79 Å². The maximum Gasteiger partial charge on any atom is 0.341 e. The van der Waals surface area contributed by atoms with Crippen LogP contribution in [0.5, 0.6) is 11.5 Å². The number of nitrogens with one attached hydrogen (secondary N) is 1. The Bertz CT molecular complexity index is 803. The Morgan fingerprint density at radius 3 is 2.52 bits per heavy atom. The van der Waals surface area contributed by atoms with Crippen LogP contribution in [0.2, 0.25) is 0 Å². The van der Waals surface area contributed by atoms with Gasteiger partial charge in [0.25, 0.3) is 5.91 Å². The highest BCUT2D eigenvalue weighted by Gasteiger charge is 2.12. The lowest BCUT2D eigenvalue weighted by Gasteiger charge is -2.16. The molecule has 1 amide bonds. The van der Waals surface area contributed by atoms with Crippen LogP contribution in [-0.2, 0) is 9.59 Å². The number of rotatable bonds is 9. The summed E-state index contributed by atoms with van der Waals surface area (Å²) in [5.74, 6) is 0.198. The molecular weight excluding hydrogens is 346 g/mol. The Balaban J connectivity index is 1.96. The van der Waals surface area contributed by atoms with Gasteiger partial charge in [0.05, 0.1) is 0 Å². The largest absolute Gasteiger partial charge is 0.483 e. The SMILES string of the molecule is CCC(C)c1ccccc1OCC(=O)Nc1ccc(OCC(=O)O)cc1C. The Hall–Kier alpha value is -3.02.